The quantitative estimate of drug-likeness (QED) is 0.464. The van der Waals surface area contributed by atoms with Gasteiger partial charge in [-0.1, -0.05) is 39.7 Å². The van der Waals surface area contributed by atoms with Crippen molar-refractivity contribution in [3.8, 4) is 11.5 Å². The largest absolute Gasteiger partial charge is 0.493 e. The third-order valence-electron chi connectivity index (χ3n) is 3.85. The number of carbonyl (C=O) groups is 2. The number of aliphatic carboxylic acids is 1. The molecule has 0 heterocycles. The molecule has 0 saturated carbocycles. The van der Waals surface area contributed by atoms with Gasteiger partial charge in [-0.2, -0.15) is 0 Å². The second kappa shape index (κ2) is 11.2. The summed E-state index contributed by atoms with van der Waals surface area (Å²) in [5, 5.41) is 11.6. The van der Waals surface area contributed by atoms with E-state index in [4.69, 9.17) is 14.6 Å². The first-order valence-electron chi connectivity index (χ1n) is 8.91. The zero-order valence-electron chi connectivity index (χ0n) is 16.0. The normalized spacial score (nSPS) is 12.2. The summed E-state index contributed by atoms with van der Waals surface area (Å²) in [5.41, 5.74) is 0.759. The molecule has 0 radical (unpaired) electrons. The highest BCUT2D eigenvalue weighted by molar-refractivity contribution is 5.94. The lowest BCUT2D eigenvalue weighted by molar-refractivity contribution is -0.142. The zero-order valence-corrected chi connectivity index (χ0v) is 16.0. The second-order valence-corrected chi connectivity index (χ2v) is 6.37. The molecule has 0 fully saturated rings. The smallest absolute Gasteiger partial charge is 0.326 e. The number of amides is 1. The first-order chi connectivity index (χ1) is 12.4. The molecule has 6 nitrogen and oxygen atoms in total. The first-order valence-corrected chi connectivity index (χ1v) is 8.91. The summed E-state index contributed by atoms with van der Waals surface area (Å²) >= 11 is 0. The van der Waals surface area contributed by atoms with Gasteiger partial charge in [-0.3, -0.25) is 4.79 Å². The summed E-state index contributed by atoms with van der Waals surface area (Å²) in [6.45, 7) is 6.25. The van der Waals surface area contributed by atoms with Gasteiger partial charge in [0.2, 0.25) is 5.91 Å². The molecule has 0 saturated heterocycles. The van der Waals surface area contributed by atoms with E-state index in [1.165, 1.54) is 6.08 Å². The molecule has 144 valence electrons. The molecule has 1 atom stereocenters. The lowest BCUT2D eigenvalue weighted by Crippen LogP contribution is -2.43. The maximum Gasteiger partial charge on any atom is 0.326 e. The number of carbonyl (C=O) groups excluding carboxylic acids is 1. The van der Waals surface area contributed by atoms with Crippen molar-refractivity contribution in [3.05, 3.63) is 29.8 Å². The van der Waals surface area contributed by atoms with Crippen molar-refractivity contribution in [2.24, 2.45) is 5.92 Å². The van der Waals surface area contributed by atoms with Crippen LogP contribution in [0.1, 0.15) is 45.6 Å². The van der Waals surface area contributed by atoms with E-state index in [9.17, 15) is 9.59 Å². The van der Waals surface area contributed by atoms with E-state index >= 15 is 0 Å². The molecule has 0 spiro atoms. The van der Waals surface area contributed by atoms with Crippen LogP contribution in [0.5, 0.6) is 11.5 Å². The highest BCUT2D eigenvalue weighted by Crippen LogP contribution is 2.28. The highest BCUT2D eigenvalue weighted by Gasteiger charge is 2.22. The number of benzene rings is 1. The average molecular weight is 363 g/mol. The maximum atomic E-state index is 11.9. The predicted molar refractivity (Wildman–Crippen MR) is 101 cm³/mol. The third kappa shape index (κ3) is 7.17. The molecule has 0 aliphatic heterocycles. The van der Waals surface area contributed by atoms with Crippen LogP contribution in [0.4, 0.5) is 0 Å². The summed E-state index contributed by atoms with van der Waals surface area (Å²) in [6, 6.07) is 4.48. The Bertz CT molecular complexity index is 625. The predicted octanol–water partition coefficient (Wildman–Crippen LogP) is 3.50. The molecule has 1 aromatic carbocycles. The Balaban J connectivity index is 2.72. The molecule has 0 bridgehead atoms. The number of ether oxygens (including phenoxy) is 2. The molecule has 2 N–H and O–H groups in total. The molecule has 26 heavy (non-hydrogen) atoms. The Morgan fingerprint density at radius 2 is 1.96 bits per heavy atom. The number of carboxylic acid groups (broad SMARTS) is 1. The van der Waals surface area contributed by atoms with Crippen LogP contribution in [0.3, 0.4) is 0 Å². The third-order valence-corrected chi connectivity index (χ3v) is 3.85. The van der Waals surface area contributed by atoms with Crippen LogP contribution in [-0.2, 0) is 9.59 Å². The Labute approximate surface area is 155 Å². The number of unbranched alkanes of at least 4 members (excludes halogenated alkanes) is 2. The number of methoxy groups -OCH3 is 1. The van der Waals surface area contributed by atoms with E-state index in [1.807, 2.05) is 6.07 Å². The Kier molecular flexibility index (Phi) is 9.26. The minimum absolute atomic E-state index is 0.200. The molecule has 1 amide bonds. The molecule has 0 aliphatic rings. The van der Waals surface area contributed by atoms with Crippen LogP contribution in [-0.4, -0.2) is 36.7 Å². The Hall–Kier alpha value is -2.50. The summed E-state index contributed by atoms with van der Waals surface area (Å²) in [7, 11) is 1.56. The van der Waals surface area contributed by atoms with Gasteiger partial charge in [0.1, 0.15) is 6.04 Å². The van der Waals surface area contributed by atoms with Gasteiger partial charge in [-0.15, -0.1) is 0 Å². The van der Waals surface area contributed by atoms with Crippen LogP contribution in [0.25, 0.3) is 6.08 Å². The van der Waals surface area contributed by atoms with E-state index in [2.05, 4.69) is 12.2 Å². The maximum absolute atomic E-state index is 11.9. The van der Waals surface area contributed by atoms with Crippen LogP contribution < -0.4 is 14.8 Å². The standard InChI is InChI=1S/C20H29NO5/c1-5-6-7-12-26-16-10-8-15(13-17(16)25-4)9-11-18(22)21-19(14(2)3)20(23)24/h8-11,13-14,19H,5-7,12H2,1-4H3,(H,21,22)(H,23,24)/b11-9+. The molecule has 0 aliphatic carbocycles. The van der Waals surface area contributed by atoms with Gasteiger partial charge in [-0.05, 0) is 36.1 Å². The van der Waals surface area contributed by atoms with E-state index in [0.717, 1.165) is 24.8 Å². The number of carboxylic acids is 1. The zero-order chi connectivity index (χ0) is 19.5. The Morgan fingerprint density at radius 3 is 2.54 bits per heavy atom. The summed E-state index contributed by atoms with van der Waals surface area (Å²) in [6.07, 6.45) is 6.16. The minimum Gasteiger partial charge on any atom is -0.493 e. The van der Waals surface area contributed by atoms with Crippen molar-refractivity contribution < 1.29 is 24.2 Å². The SMILES string of the molecule is CCCCCOc1ccc(/C=C/C(=O)NC(C(=O)O)C(C)C)cc1OC. The number of nitrogens with one attached hydrogen (secondary N) is 1. The molecule has 0 aromatic heterocycles. The minimum atomic E-state index is -1.05. The van der Waals surface area contributed by atoms with Gasteiger partial charge in [0.25, 0.3) is 0 Å². The Morgan fingerprint density at radius 1 is 1.23 bits per heavy atom. The van der Waals surface area contributed by atoms with Gasteiger partial charge in [-0.25, -0.2) is 4.79 Å². The number of hydrogen-bond acceptors (Lipinski definition) is 4. The summed E-state index contributed by atoms with van der Waals surface area (Å²) < 4.78 is 11.1. The monoisotopic (exact) mass is 363 g/mol. The van der Waals surface area contributed by atoms with Crippen molar-refractivity contribution in [3.63, 3.8) is 0 Å². The van der Waals surface area contributed by atoms with Gasteiger partial charge in [0, 0.05) is 6.08 Å². The molecule has 1 aromatic rings. The van der Waals surface area contributed by atoms with E-state index in [1.54, 1.807) is 39.2 Å². The van der Waals surface area contributed by atoms with Crippen LogP contribution >= 0.6 is 0 Å². The lowest BCUT2D eigenvalue weighted by atomic mass is 10.0. The molecular weight excluding hydrogens is 334 g/mol. The van der Waals surface area contributed by atoms with E-state index in [-0.39, 0.29) is 5.92 Å². The van der Waals surface area contributed by atoms with Crippen molar-refractivity contribution in [2.45, 2.75) is 46.1 Å². The fourth-order valence-electron chi connectivity index (χ4n) is 2.33. The highest BCUT2D eigenvalue weighted by atomic mass is 16.5. The summed E-state index contributed by atoms with van der Waals surface area (Å²) in [5.74, 6) is -0.447. The van der Waals surface area contributed by atoms with E-state index in [0.29, 0.717) is 18.1 Å². The van der Waals surface area contributed by atoms with Crippen molar-refractivity contribution in [1.29, 1.82) is 0 Å². The first kappa shape index (κ1) is 21.5. The van der Waals surface area contributed by atoms with Gasteiger partial charge in [0.05, 0.1) is 13.7 Å². The molecule has 6 heteroatoms. The summed E-state index contributed by atoms with van der Waals surface area (Å²) in [4.78, 5) is 23.1. The van der Waals surface area contributed by atoms with Gasteiger partial charge in [0.15, 0.2) is 11.5 Å². The van der Waals surface area contributed by atoms with Crippen LogP contribution in [0, 0.1) is 5.92 Å². The average Bonchev–Trinajstić information content (AvgIpc) is 2.61. The lowest BCUT2D eigenvalue weighted by Gasteiger charge is -2.16. The van der Waals surface area contributed by atoms with Crippen molar-refractivity contribution in [2.75, 3.05) is 13.7 Å². The number of hydrogen-bond donors (Lipinski definition) is 2. The molecular formula is C20H29NO5. The second-order valence-electron chi connectivity index (χ2n) is 6.37. The molecule has 1 unspecified atom stereocenters. The van der Waals surface area contributed by atoms with E-state index < -0.39 is 17.9 Å². The van der Waals surface area contributed by atoms with Gasteiger partial charge < -0.3 is 19.9 Å². The topological polar surface area (TPSA) is 84.9 Å². The fourth-order valence-corrected chi connectivity index (χ4v) is 2.33. The van der Waals surface area contributed by atoms with Crippen molar-refractivity contribution in [1.82, 2.24) is 5.32 Å². The van der Waals surface area contributed by atoms with Crippen LogP contribution in [0.2, 0.25) is 0 Å². The van der Waals surface area contributed by atoms with Crippen LogP contribution in [0.15, 0.2) is 24.3 Å². The fraction of sp³-hybridized carbons (Fsp3) is 0.500. The van der Waals surface area contributed by atoms with Crippen molar-refractivity contribution >= 4 is 18.0 Å². The van der Waals surface area contributed by atoms with Gasteiger partial charge >= 0.3 is 5.97 Å². The number of rotatable bonds is 11. The molecule has 1 rings (SSSR count).